The number of benzene rings is 6. The van der Waals surface area contributed by atoms with E-state index in [0.717, 1.165) is 11.3 Å². The topological polar surface area (TPSA) is 17.8 Å². The zero-order chi connectivity index (χ0) is 26.6. The molecule has 0 aliphatic carbocycles. The Balaban J connectivity index is 1.22. The average molecular weight is 511 g/mol. The van der Waals surface area contributed by atoms with Crippen LogP contribution < -0.4 is 0 Å². The molecular weight excluding hydrogens is 484 g/mol. The van der Waals surface area contributed by atoms with Crippen molar-refractivity contribution in [3.63, 3.8) is 0 Å². The maximum Gasteiger partial charge on any atom is 0.0702 e. The normalized spacial score (nSPS) is 11.6. The summed E-state index contributed by atoms with van der Waals surface area (Å²) in [5.41, 5.74) is 9.58. The van der Waals surface area contributed by atoms with E-state index in [4.69, 9.17) is 0 Å². The van der Waals surface area contributed by atoms with E-state index in [-0.39, 0.29) is 0 Å². The molecule has 0 aliphatic rings. The van der Waals surface area contributed by atoms with Gasteiger partial charge in [0.05, 0.1) is 11.2 Å². The Morgan fingerprint density at radius 2 is 1.05 bits per heavy atom. The molecule has 40 heavy (non-hydrogen) atoms. The Hall–Kier alpha value is -5.21. The van der Waals surface area contributed by atoms with Gasteiger partial charge in [-0.25, -0.2) is 0 Å². The first-order valence-electron chi connectivity index (χ1n) is 13.7. The molecule has 0 spiro atoms. The fraction of sp³-hybridized carbons (Fsp3) is 0.0263. The molecule has 188 valence electrons. The van der Waals surface area contributed by atoms with E-state index in [2.05, 4.69) is 138 Å². The Labute approximate surface area is 232 Å². The summed E-state index contributed by atoms with van der Waals surface area (Å²) < 4.78 is 2.33. The van der Waals surface area contributed by atoms with E-state index in [1.54, 1.807) is 0 Å². The summed E-state index contributed by atoms with van der Waals surface area (Å²) >= 11 is 0. The third-order valence-corrected chi connectivity index (χ3v) is 8.22. The Morgan fingerprint density at radius 3 is 1.80 bits per heavy atom. The summed E-state index contributed by atoms with van der Waals surface area (Å²) in [5, 5.41) is 7.59. The first kappa shape index (κ1) is 22.7. The van der Waals surface area contributed by atoms with Gasteiger partial charge >= 0.3 is 0 Å². The number of pyridine rings is 1. The molecule has 2 heterocycles. The lowest BCUT2D eigenvalue weighted by atomic mass is 9.96. The van der Waals surface area contributed by atoms with Crippen molar-refractivity contribution in [2.75, 3.05) is 0 Å². The molecule has 0 N–H and O–H groups in total. The van der Waals surface area contributed by atoms with E-state index >= 15 is 0 Å². The van der Waals surface area contributed by atoms with Crippen LogP contribution in [0, 0.1) is 0 Å². The second kappa shape index (κ2) is 8.93. The van der Waals surface area contributed by atoms with Gasteiger partial charge in [-0.3, -0.25) is 4.98 Å². The predicted octanol–water partition coefficient (Wildman–Crippen LogP) is 10.0. The third-order valence-electron chi connectivity index (χ3n) is 8.22. The highest BCUT2D eigenvalue weighted by Crippen LogP contribution is 2.37. The fourth-order valence-corrected chi connectivity index (χ4v) is 6.16. The second-order valence-electron chi connectivity index (χ2n) is 10.5. The fourth-order valence-electron chi connectivity index (χ4n) is 6.16. The second-order valence-corrected chi connectivity index (χ2v) is 10.5. The lowest BCUT2D eigenvalue weighted by Gasteiger charge is -2.09. The number of aryl methyl sites for hydroxylation is 1. The molecule has 0 saturated carbocycles. The van der Waals surface area contributed by atoms with Crippen molar-refractivity contribution in [1.82, 2.24) is 9.55 Å². The molecule has 2 heteroatoms. The van der Waals surface area contributed by atoms with E-state index in [1.165, 1.54) is 65.6 Å². The SMILES string of the molecule is Cn1c2cc(-c3ccccn3)ccc2c2ccc3cc(-c4ccc5cc(-c6ccccc6)ccc5c4)ccc3c21. The van der Waals surface area contributed by atoms with Crippen LogP contribution in [0.2, 0.25) is 0 Å². The summed E-state index contributed by atoms with van der Waals surface area (Å²) in [6.45, 7) is 0. The minimum atomic E-state index is 0.996. The quantitative estimate of drug-likeness (QED) is 0.231. The lowest BCUT2D eigenvalue weighted by Crippen LogP contribution is -1.89. The zero-order valence-electron chi connectivity index (χ0n) is 22.2. The van der Waals surface area contributed by atoms with Crippen LogP contribution in [-0.4, -0.2) is 9.55 Å². The van der Waals surface area contributed by atoms with Crippen molar-refractivity contribution < 1.29 is 0 Å². The Bertz CT molecular complexity index is 2210. The van der Waals surface area contributed by atoms with Gasteiger partial charge in [0.2, 0.25) is 0 Å². The summed E-state index contributed by atoms with van der Waals surface area (Å²) in [4.78, 5) is 4.56. The van der Waals surface area contributed by atoms with Gasteiger partial charge in [-0.2, -0.15) is 0 Å². The van der Waals surface area contributed by atoms with E-state index < -0.39 is 0 Å². The maximum absolute atomic E-state index is 4.56. The molecule has 8 rings (SSSR count). The predicted molar refractivity (Wildman–Crippen MR) is 170 cm³/mol. The van der Waals surface area contributed by atoms with Crippen molar-refractivity contribution >= 4 is 43.4 Å². The summed E-state index contributed by atoms with van der Waals surface area (Å²) in [5.74, 6) is 0. The standard InChI is InChI=1S/C38H26N2/c1-40-37-24-32(36-9-5-6-20-39-36)16-18-34(37)35-19-15-31-23-30(14-17-33(31)38(35)40)29-13-12-27-21-26(10-11-28(27)22-29)25-7-3-2-4-8-25/h2-24H,1H3. The lowest BCUT2D eigenvalue weighted by molar-refractivity contribution is 1.02. The summed E-state index contributed by atoms with van der Waals surface area (Å²) in [6.07, 6.45) is 1.85. The molecule has 2 nitrogen and oxygen atoms in total. The molecule has 0 saturated heterocycles. The van der Waals surface area contributed by atoms with Gasteiger partial charge in [-0.05, 0) is 74.8 Å². The van der Waals surface area contributed by atoms with Gasteiger partial charge in [0.25, 0.3) is 0 Å². The molecular formula is C38H26N2. The van der Waals surface area contributed by atoms with Gasteiger partial charge in [0, 0.05) is 40.5 Å². The molecule has 0 radical (unpaired) electrons. The van der Waals surface area contributed by atoms with Crippen molar-refractivity contribution in [2.24, 2.45) is 7.05 Å². The Kier molecular flexibility index (Phi) is 5.08. The molecule has 0 bridgehead atoms. The van der Waals surface area contributed by atoms with Crippen LogP contribution in [0.5, 0.6) is 0 Å². The number of rotatable bonds is 3. The van der Waals surface area contributed by atoms with Crippen molar-refractivity contribution in [3.8, 4) is 33.5 Å². The minimum absolute atomic E-state index is 0.996. The smallest absolute Gasteiger partial charge is 0.0702 e. The average Bonchev–Trinajstić information content (AvgIpc) is 3.32. The largest absolute Gasteiger partial charge is 0.343 e. The monoisotopic (exact) mass is 510 g/mol. The Morgan fingerprint density at radius 1 is 0.450 bits per heavy atom. The number of hydrogen-bond donors (Lipinski definition) is 0. The van der Waals surface area contributed by atoms with Crippen LogP contribution in [0.15, 0.2) is 140 Å². The van der Waals surface area contributed by atoms with E-state index in [9.17, 15) is 0 Å². The first-order valence-corrected chi connectivity index (χ1v) is 13.7. The summed E-state index contributed by atoms with van der Waals surface area (Å²) in [7, 11) is 2.17. The first-order chi connectivity index (χ1) is 19.7. The van der Waals surface area contributed by atoms with Crippen molar-refractivity contribution in [2.45, 2.75) is 0 Å². The van der Waals surface area contributed by atoms with Gasteiger partial charge in [0.1, 0.15) is 0 Å². The number of aromatic nitrogens is 2. The van der Waals surface area contributed by atoms with Crippen LogP contribution in [-0.2, 0) is 7.05 Å². The molecule has 0 atom stereocenters. The van der Waals surface area contributed by atoms with Crippen LogP contribution in [0.25, 0.3) is 76.9 Å². The van der Waals surface area contributed by atoms with Crippen molar-refractivity contribution in [3.05, 3.63) is 140 Å². The highest BCUT2D eigenvalue weighted by Gasteiger charge is 2.13. The molecule has 8 aromatic rings. The van der Waals surface area contributed by atoms with Crippen LogP contribution in [0.3, 0.4) is 0 Å². The number of nitrogens with zero attached hydrogens (tertiary/aromatic N) is 2. The molecule has 0 fully saturated rings. The van der Waals surface area contributed by atoms with Crippen LogP contribution >= 0.6 is 0 Å². The molecule has 0 amide bonds. The maximum atomic E-state index is 4.56. The minimum Gasteiger partial charge on any atom is -0.343 e. The van der Waals surface area contributed by atoms with E-state index in [1.807, 2.05) is 18.3 Å². The highest BCUT2D eigenvalue weighted by atomic mass is 14.9. The van der Waals surface area contributed by atoms with Gasteiger partial charge in [0.15, 0.2) is 0 Å². The van der Waals surface area contributed by atoms with Crippen LogP contribution in [0.4, 0.5) is 0 Å². The molecule has 0 aliphatic heterocycles. The molecule has 6 aromatic carbocycles. The molecule has 0 unspecified atom stereocenters. The van der Waals surface area contributed by atoms with Gasteiger partial charge in [-0.1, -0.05) is 97.1 Å². The zero-order valence-corrected chi connectivity index (χ0v) is 22.2. The van der Waals surface area contributed by atoms with Crippen molar-refractivity contribution in [1.29, 1.82) is 0 Å². The number of hydrogen-bond acceptors (Lipinski definition) is 1. The number of fused-ring (bicyclic) bond motifs is 6. The summed E-state index contributed by atoms with van der Waals surface area (Å²) in [6, 6.07) is 48.2. The molecule has 2 aromatic heterocycles. The van der Waals surface area contributed by atoms with Crippen LogP contribution in [0.1, 0.15) is 0 Å². The highest BCUT2D eigenvalue weighted by molar-refractivity contribution is 6.18. The van der Waals surface area contributed by atoms with Gasteiger partial charge in [-0.15, -0.1) is 0 Å². The van der Waals surface area contributed by atoms with E-state index in [0.29, 0.717) is 0 Å². The third kappa shape index (κ3) is 3.61. The van der Waals surface area contributed by atoms with Gasteiger partial charge < -0.3 is 4.57 Å².